The summed E-state index contributed by atoms with van der Waals surface area (Å²) in [7, 11) is 0. The number of hydrogen-bond acceptors (Lipinski definition) is 1. The first-order chi connectivity index (χ1) is 11.3. The predicted octanol–water partition coefficient (Wildman–Crippen LogP) is 4.07. The van der Waals surface area contributed by atoms with Crippen LogP contribution >= 0.6 is 0 Å². The quantitative estimate of drug-likeness (QED) is 0.615. The first-order valence-corrected chi connectivity index (χ1v) is 8.61. The molecule has 4 rings (SSSR count). The molecule has 0 spiro atoms. The molecule has 2 bridgehead atoms. The maximum atomic E-state index is 6.25. The van der Waals surface area contributed by atoms with Crippen molar-refractivity contribution in [1.29, 1.82) is 0 Å². The predicted molar refractivity (Wildman–Crippen MR) is 90.8 cm³/mol. The van der Waals surface area contributed by atoms with Gasteiger partial charge in [0.2, 0.25) is 0 Å². The molecule has 2 nitrogen and oxygen atoms in total. The van der Waals surface area contributed by atoms with E-state index in [0.717, 1.165) is 19.1 Å². The Labute approximate surface area is 138 Å². The number of pyridine rings is 1. The van der Waals surface area contributed by atoms with Gasteiger partial charge in [-0.05, 0) is 31.7 Å². The van der Waals surface area contributed by atoms with Crippen molar-refractivity contribution in [2.24, 2.45) is 11.8 Å². The van der Waals surface area contributed by atoms with Crippen LogP contribution in [0.15, 0.2) is 66.5 Å². The Kier molecular flexibility index (Phi) is 4.00. The van der Waals surface area contributed by atoms with Crippen molar-refractivity contribution in [1.82, 2.24) is 0 Å². The molecule has 0 unspecified atom stereocenters. The van der Waals surface area contributed by atoms with E-state index in [9.17, 15) is 0 Å². The fraction of sp³-hybridized carbons (Fsp3) is 0.381. The Bertz CT molecular complexity index is 707. The zero-order chi connectivity index (χ0) is 15.6. The molecule has 118 valence electrons. The summed E-state index contributed by atoms with van der Waals surface area (Å²) in [5.41, 5.74) is 4.14. The zero-order valence-corrected chi connectivity index (χ0v) is 13.7. The van der Waals surface area contributed by atoms with Crippen molar-refractivity contribution in [3.63, 3.8) is 0 Å². The molecule has 0 amide bonds. The number of ether oxygens (including phenoxy) is 1. The second-order valence-electron chi connectivity index (χ2n) is 6.94. The monoisotopic (exact) mass is 306 g/mol. The molecule has 2 aromatic rings. The molecule has 2 heterocycles. The highest BCUT2D eigenvalue weighted by atomic mass is 16.5. The first-order valence-electron chi connectivity index (χ1n) is 8.61. The largest absolute Gasteiger partial charge is 0.372 e. The third-order valence-electron chi connectivity index (χ3n) is 5.24. The number of hydrogen-bond donors (Lipinski definition) is 0. The standard InChI is InChI=1S/C21H24NO/c1-16-9-10-18-12-20(16)21(23-15-18)19-8-5-11-22(14-19)13-17-6-3-2-4-7-17/h2-9,11,14,18,20-21H,10,12-13,15H2,1H3/q+1/t18-,20-,21-/m0/s1. The summed E-state index contributed by atoms with van der Waals surface area (Å²) in [4.78, 5) is 0. The Balaban J connectivity index is 1.58. The fourth-order valence-electron chi connectivity index (χ4n) is 3.93. The summed E-state index contributed by atoms with van der Waals surface area (Å²) in [6.07, 6.45) is 9.52. The minimum atomic E-state index is 0.214. The molecule has 1 fully saturated rings. The molecule has 1 saturated heterocycles. The van der Waals surface area contributed by atoms with Crippen LogP contribution in [0, 0.1) is 11.8 Å². The average Bonchev–Trinajstić information content (AvgIpc) is 2.60. The van der Waals surface area contributed by atoms with Gasteiger partial charge in [0.1, 0.15) is 0 Å². The van der Waals surface area contributed by atoms with Gasteiger partial charge < -0.3 is 4.74 Å². The van der Waals surface area contributed by atoms with Gasteiger partial charge in [0, 0.05) is 23.1 Å². The van der Waals surface area contributed by atoms with E-state index in [1.807, 2.05) is 0 Å². The van der Waals surface area contributed by atoms with Gasteiger partial charge in [0.25, 0.3) is 0 Å². The molecule has 0 N–H and O–H groups in total. The summed E-state index contributed by atoms with van der Waals surface area (Å²) in [6, 6.07) is 15.0. The normalized spacial score (nSPS) is 26.7. The highest BCUT2D eigenvalue weighted by Crippen LogP contribution is 2.43. The highest BCUT2D eigenvalue weighted by Gasteiger charge is 2.36. The minimum absolute atomic E-state index is 0.214. The smallest absolute Gasteiger partial charge is 0.174 e. The maximum absolute atomic E-state index is 6.25. The molecule has 1 aromatic carbocycles. The lowest BCUT2D eigenvalue weighted by Crippen LogP contribution is -2.37. The summed E-state index contributed by atoms with van der Waals surface area (Å²) >= 11 is 0. The summed E-state index contributed by atoms with van der Waals surface area (Å²) < 4.78 is 8.52. The van der Waals surface area contributed by atoms with Crippen molar-refractivity contribution in [2.45, 2.75) is 32.4 Å². The lowest BCUT2D eigenvalue weighted by Gasteiger charge is -2.39. The topological polar surface area (TPSA) is 13.1 Å². The van der Waals surface area contributed by atoms with E-state index in [0.29, 0.717) is 5.92 Å². The molecule has 23 heavy (non-hydrogen) atoms. The van der Waals surface area contributed by atoms with Crippen LogP contribution in [0.1, 0.15) is 37.0 Å². The van der Waals surface area contributed by atoms with Crippen LogP contribution in [-0.2, 0) is 11.3 Å². The fourth-order valence-corrected chi connectivity index (χ4v) is 3.93. The van der Waals surface area contributed by atoms with Crippen molar-refractivity contribution >= 4 is 0 Å². The van der Waals surface area contributed by atoms with Gasteiger partial charge in [-0.1, -0.05) is 42.0 Å². The first kappa shape index (κ1) is 14.6. The van der Waals surface area contributed by atoms with Crippen LogP contribution in [0.25, 0.3) is 0 Å². The lowest BCUT2D eigenvalue weighted by molar-refractivity contribution is -0.689. The Hall–Kier alpha value is -1.93. The molecular weight excluding hydrogens is 282 g/mol. The van der Waals surface area contributed by atoms with Crippen molar-refractivity contribution in [3.05, 3.63) is 77.6 Å². The van der Waals surface area contributed by atoms with Gasteiger partial charge in [0.05, 0.1) is 12.7 Å². The number of benzene rings is 1. The molecule has 1 aliphatic heterocycles. The van der Waals surface area contributed by atoms with Crippen LogP contribution in [0.5, 0.6) is 0 Å². The number of aromatic nitrogens is 1. The van der Waals surface area contributed by atoms with Crippen LogP contribution in [0.4, 0.5) is 0 Å². The van der Waals surface area contributed by atoms with Crippen molar-refractivity contribution in [3.8, 4) is 0 Å². The molecule has 1 aliphatic carbocycles. The zero-order valence-electron chi connectivity index (χ0n) is 13.7. The third kappa shape index (κ3) is 3.09. The van der Waals surface area contributed by atoms with E-state index < -0.39 is 0 Å². The van der Waals surface area contributed by atoms with Gasteiger partial charge >= 0.3 is 0 Å². The summed E-state index contributed by atoms with van der Waals surface area (Å²) in [6.45, 7) is 4.07. The Morgan fingerprint density at radius 1 is 1.13 bits per heavy atom. The SMILES string of the molecule is CC1=CC[C@@H]2CO[C@@H](c3ccc[n+](Cc4ccccc4)c3)[C@H]1C2. The van der Waals surface area contributed by atoms with Gasteiger partial charge in [-0.25, -0.2) is 4.57 Å². The van der Waals surface area contributed by atoms with Crippen LogP contribution in [0.3, 0.4) is 0 Å². The molecular formula is C21H24NO+. The summed E-state index contributed by atoms with van der Waals surface area (Å²) in [5.74, 6) is 1.27. The van der Waals surface area contributed by atoms with E-state index in [1.54, 1.807) is 0 Å². The Morgan fingerprint density at radius 3 is 2.87 bits per heavy atom. The second kappa shape index (κ2) is 6.29. The highest BCUT2D eigenvalue weighted by molar-refractivity contribution is 5.20. The minimum Gasteiger partial charge on any atom is -0.372 e. The number of allylic oxidation sites excluding steroid dienone is 1. The molecule has 3 atom stereocenters. The van der Waals surface area contributed by atoms with Crippen LogP contribution < -0.4 is 4.57 Å². The summed E-state index contributed by atoms with van der Waals surface area (Å²) in [5, 5.41) is 0. The van der Waals surface area contributed by atoms with Crippen molar-refractivity contribution in [2.75, 3.05) is 6.61 Å². The van der Waals surface area contributed by atoms with Gasteiger partial charge in [0.15, 0.2) is 18.9 Å². The maximum Gasteiger partial charge on any atom is 0.174 e. The van der Waals surface area contributed by atoms with E-state index in [2.05, 4.69) is 72.4 Å². The molecule has 2 heteroatoms. The van der Waals surface area contributed by atoms with Crippen LogP contribution in [-0.4, -0.2) is 6.61 Å². The van der Waals surface area contributed by atoms with Crippen LogP contribution in [0.2, 0.25) is 0 Å². The average molecular weight is 306 g/mol. The van der Waals surface area contributed by atoms with E-state index in [1.165, 1.54) is 29.5 Å². The number of nitrogens with zero attached hydrogens (tertiary/aromatic N) is 1. The van der Waals surface area contributed by atoms with E-state index >= 15 is 0 Å². The second-order valence-corrected chi connectivity index (χ2v) is 6.94. The third-order valence-corrected chi connectivity index (χ3v) is 5.24. The molecule has 0 saturated carbocycles. The number of fused-ring (bicyclic) bond motifs is 2. The molecule has 1 aromatic heterocycles. The lowest BCUT2D eigenvalue weighted by atomic mass is 9.75. The van der Waals surface area contributed by atoms with Gasteiger partial charge in [-0.2, -0.15) is 0 Å². The molecule has 0 radical (unpaired) electrons. The van der Waals surface area contributed by atoms with Gasteiger partial charge in [-0.3, -0.25) is 0 Å². The number of rotatable bonds is 3. The van der Waals surface area contributed by atoms with Crippen molar-refractivity contribution < 1.29 is 9.30 Å². The van der Waals surface area contributed by atoms with E-state index in [4.69, 9.17) is 4.74 Å². The van der Waals surface area contributed by atoms with Gasteiger partial charge in [-0.15, -0.1) is 0 Å². The molecule has 2 aliphatic rings. The Morgan fingerprint density at radius 2 is 2.00 bits per heavy atom. The van der Waals surface area contributed by atoms with E-state index in [-0.39, 0.29) is 6.10 Å².